The molecule has 0 radical (unpaired) electrons. The minimum atomic E-state index is -0.712. The quantitative estimate of drug-likeness (QED) is 0.618. The Labute approximate surface area is 123 Å². The molecule has 1 amide bonds. The molecule has 0 aromatic heterocycles. The summed E-state index contributed by atoms with van der Waals surface area (Å²) in [5.41, 5.74) is -0.599. The van der Waals surface area contributed by atoms with Gasteiger partial charge in [0.1, 0.15) is 17.7 Å². The molecule has 0 spiro atoms. The molecule has 5 nitrogen and oxygen atoms in total. The highest BCUT2D eigenvalue weighted by atomic mass is 79.9. The van der Waals surface area contributed by atoms with Crippen molar-refractivity contribution >= 4 is 28.0 Å². The molecule has 0 aromatic carbocycles. The SMILES string of the molecule is CC(CBr)OC(=O)C(NC(=O)OC(C)(C)C)C(C)C. The Morgan fingerprint density at radius 1 is 1.21 bits per heavy atom. The molecule has 0 aliphatic carbocycles. The van der Waals surface area contributed by atoms with Gasteiger partial charge in [-0.25, -0.2) is 9.59 Å². The Bertz CT molecular complexity index is 312. The van der Waals surface area contributed by atoms with Gasteiger partial charge in [0.25, 0.3) is 0 Å². The molecule has 0 bridgehead atoms. The molecule has 0 aliphatic rings. The molecule has 2 atom stereocenters. The third-order valence-corrected chi connectivity index (χ3v) is 3.04. The summed E-state index contributed by atoms with van der Waals surface area (Å²) in [6.07, 6.45) is -0.858. The van der Waals surface area contributed by atoms with Crippen LogP contribution in [0, 0.1) is 5.92 Å². The highest BCUT2D eigenvalue weighted by Crippen LogP contribution is 2.10. The second-order valence-electron chi connectivity index (χ2n) is 5.77. The first-order chi connectivity index (χ1) is 8.56. The summed E-state index contributed by atoms with van der Waals surface area (Å²) < 4.78 is 10.3. The third-order valence-electron chi connectivity index (χ3n) is 2.13. The van der Waals surface area contributed by atoms with Crippen molar-refractivity contribution < 1.29 is 19.1 Å². The molecule has 0 heterocycles. The molecule has 0 fully saturated rings. The van der Waals surface area contributed by atoms with E-state index in [1.54, 1.807) is 27.7 Å². The Balaban J connectivity index is 4.58. The number of halogens is 1. The van der Waals surface area contributed by atoms with E-state index in [1.807, 2.05) is 13.8 Å². The third kappa shape index (κ3) is 8.08. The zero-order valence-electron chi connectivity index (χ0n) is 12.5. The number of alkyl carbamates (subject to hydrolysis) is 1. The van der Waals surface area contributed by atoms with E-state index in [1.165, 1.54) is 0 Å². The van der Waals surface area contributed by atoms with Gasteiger partial charge in [-0.1, -0.05) is 29.8 Å². The number of ether oxygens (including phenoxy) is 2. The maximum Gasteiger partial charge on any atom is 0.408 e. The lowest BCUT2D eigenvalue weighted by Crippen LogP contribution is -2.47. The molecule has 0 aliphatic heterocycles. The molecule has 2 unspecified atom stereocenters. The second kappa shape index (κ2) is 7.72. The normalized spacial score (nSPS) is 14.7. The van der Waals surface area contributed by atoms with Gasteiger partial charge >= 0.3 is 12.1 Å². The second-order valence-corrected chi connectivity index (χ2v) is 6.42. The molecular formula is C13H24BrNO4. The first kappa shape index (κ1) is 18.2. The predicted molar refractivity (Wildman–Crippen MR) is 77.3 cm³/mol. The standard InChI is InChI=1S/C13H24BrNO4/c1-8(2)10(11(16)18-9(3)7-14)15-12(17)19-13(4,5)6/h8-10H,7H2,1-6H3,(H,15,17). The molecule has 6 heteroatoms. The number of carbonyl (C=O) groups is 2. The summed E-state index contributed by atoms with van der Waals surface area (Å²) in [5.74, 6) is -0.532. The smallest absolute Gasteiger partial charge is 0.408 e. The van der Waals surface area contributed by atoms with Crippen LogP contribution in [0.4, 0.5) is 4.79 Å². The molecule has 112 valence electrons. The number of alkyl halides is 1. The minimum absolute atomic E-state index is 0.0810. The number of carbonyl (C=O) groups excluding carboxylic acids is 2. The molecule has 0 saturated heterocycles. The van der Waals surface area contributed by atoms with Crippen LogP contribution in [-0.2, 0) is 14.3 Å². The predicted octanol–water partition coefficient (Wildman–Crippen LogP) is 2.86. The van der Waals surface area contributed by atoms with Gasteiger partial charge in [-0.15, -0.1) is 0 Å². The monoisotopic (exact) mass is 337 g/mol. The molecular weight excluding hydrogens is 314 g/mol. The molecule has 0 rings (SSSR count). The summed E-state index contributed by atoms with van der Waals surface area (Å²) in [5, 5.41) is 3.10. The number of amides is 1. The zero-order chi connectivity index (χ0) is 15.2. The number of rotatable bonds is 5. The van der Waals surface area contributed by atoms with Gasteiger partial charge in [0.2, 0.25) is 0 Å². The van der Waals surface area contributed by atoms with E-state index in [-0.39, 0.29) is 12.0 Å². The maximum absolute atomic E-state index is 11.9. The van der Waals surface area contributed by atoms with Crippen molar-refractivity contribution in [2.24, 2.45) is 5.92 Å². The van der Waals surface area contributed by atoms with Crippen molar-refractivity contribution in [1.29, 1.82) is 0 Å². The summed E-state index contributed by atoms with van der Waals surface area (Å²) in [6, 6.07) is -0.712. The Hall–Kier alpha value is -0.780. The first-order valence-electron chi connectivity index (χ1n) is 6.32. The van der Waals surface area contributed by atoms with Gasteiger partial charge < -0.3 is 14.8 Å². The summed E-state index contributed by atoms with van der Waals surface area (Å²) in [4.78, 5) is 23.6. The average molecular weight is 338 g/mol. The number of hydrogen-bond donors (Lipinski definition) is 1. The van der Waals surface area contributed by atoms with E-state index >= 15 is 0 Å². The van der Waals surface area contributed by atoms with E-state index in [0.29, 0.717) is 5.33 Å². The highest BCUT2D eigenvalue weighted by molar-refractivity contribution is 9.09. The van der Waals surface area contributed by atoms with Crippen molar-refractivity contribution in [1.82, 2.24) is 5.32 Å². The zero-order valence-corrected chi connectivity index (χ0v) is 14.0. The van der Waals surface area contributed by atoms with Gasteiger partial charge in [-0.05, 0) is 33.6 Å². The lowest BCUT2D eigenvalue weighted by atomic mass is 10.1. The van der Waals surface area contributed by atoms with Crippen LogP contribution in [0.15, 0.2) is 0 Å². The Morgan fingerprint density at radius 3 is 2.11 bits per heavy atom. The van der Waals surface area contributed by atoms with Crippen LogP contribution in [0.5, 0.6) is 0 Å². The summed E-state index contributed by atoms with van der Waals surface area (Å²) >= 11 is 3.23. The lowest BCUT2D eigenvalue weighted by Gasteiger charge is -2.25. The van der Waals surface area contributed by atoms with Crippen LogP contribution in [0.1, 0.15) is 41.5 Å². The maximum atomic E-state index is 11.9. The molecule has 0 saturated carbocycles. The van der Waals surface area contributed by atoms with Gasteiger partial charge in [-0.3, -0.25) is 0 Å². The molecule has 0 aromatic rings. The number of hydrogen-bond acceptors (Lipinski definition) is 4. The van der Waals surface area contributed by atoms with Crippen LogP contribution >= 0.6 is 15.9 Å². The van der Waals surface area contributed by atoms with Crippen molar-refractivity contribution in [2.45, 2.75) is 59.3 Å². The molecule has 1 N–H and O–H groups in total. The Morgan fingerprint density at radius 2 is 1.74 bits per heavy atom. The van der Waals surface area contributed by atoms with Crippen molar-refractivity contribution in [2.75, 3.05) is 5.33 Å². The summed E-state index contributed by atoms with van der Waals surface area (Å²) in [6.45, 7) is 10.7. The van der Waals surface area contributed by atoms with Gasteiger partial charge in [0.15, 0.2) is 0 Å². The van der Waals surface area contributed by atoms with E-state index < -0.39 is 23.7 Å². The fraction of sp³-hybridized carbons (Fsp3) is 0.846. The summed E-state index contributed by atoms with van der Waals surface area (Å²) in [7, 11) is 0. The number of esters is 1. The van der Waals surface area contributed by atoms with Gasteiger partial charge in [-0.2, -0.15) is 0 Å². The van der Waals surface area contributed by atoms with E-state index in [9.17, 15) is 9.59 Å². The van der Waals surface area contributed by atoms with Crippen LogP contribution in [0.3, 0.4) is 0 Å². The van der Waals surface area contributed by atoms with Crippen molar-refractivity contribution in [3.63, 3.8) is 0 Å². The number of nitrogens with one attached hydrogen (secondary N) is 1. The minimum Gasteiger partial charge on any atom is -0.460 e. The van der Waals surface area contributed by atoms with Gasteiger partial charge in [0.05, 0.1) is 0 Å². The van der Waals surface area contributed by atoms with E-state index in [0.717, 1.165) is 0 Å². The Kier molecular flexibility index (Phi) is 7.41. The van der Waals surface area contributed by atoms with Crippen molar-refractivity contribution in [3.8, 4) is 0 Å². The first-order valence-corrected chi connectivity index (χ1v) is 7.45. The van der Waals surface area contributed by atoms with Crippen molar-refractivity contribution in [3.05, 3.63) is 0 Å². The highest BCUT2D eigenvalue weighted by Gasteiger charge is 2.28. The molecule has 19 heavy (non-hydrogen) atoms. The fourth-order valence-corrected chi connectivity index (χ4v) is 1.37. The average Bonchev–Trinajstić information content (AvgIpc) is 2.22. The van der Waals surface area contributed by atoms with E-state index in [4.69, 9.17) is 9.47 Å². The fourth-order valence-electron chi connectivity index (χ4n) is 1.24. The van der Waals surface area contributed by atoms with Crippen LogP contribution in [0.2, 0.25) is 0 Å². The van der Waals surface area contributed by atoms with Crippen LogP contribution in [-0.4, -0.2) is 35.1 Å². The van der Waals surface area contributed by atoms with Crippen LogP contribution < -0.4 is 5.32 Å². The topological polar surface area (TPSA) is 64.6 Å². The van der Waals surface area contributed by atoms with Crippen LogP contribution in [0.25, 0.3) is 0 Å². The van der Waals surface area contributed by atoms with Gasteiger partial charge in [0, 0.05) is 5.33 Å². The largest absolute Gasteiger partial charge is 0.460 e. The van der Waals surface area contributed by atoms with E-state index in [2.05, 4.69) is 21.2 Å². The lowest BCUT2D eigenvalue weighted by molar-refractivity contribution is -0.150.